The Kier molecular flexibility index (Phi) is 3.02. The summed E-state index contributed by atoms with van der Waals surface area (Å²) in [6.45, 7) is 0. The second kappa shape index (κ2) is 3.83. The van der Waals surface area contributed by atoms with Crippen molar-refractivity contribution in [1.29, 1.82) is 0 Å². The van der Waals surface area contributed by atoms with E-state index < -0.39 is 0 Å². The van der Waals surface area contributed by atoms with Gasteiger partial charge in [0.2, 0.25) is 0 Å². The Balaban J connectivity index is 2.47. The van der Waals surface area contributed by atoms with Gasteiger partial charge in [0.05, 0.1) is 12.2 Å². The quantitative estimate of drug-likeness (QED) is 0.565. The SMILES string of the molecule is COC1CC(C=O)CC1OC. The standard InChI is InChI=1S/C8H14O3/c1-10-7-3-6(5-9)4-8(7)11-2/h5-8H,3-4H2,1-2H3. The monoisotopic (exact) mass is 158 g/mol. The molecular weight excluding hydrogens is 144 g/mol. The van der Waals surface area contributed by atoms with Crippen molar-refractivity contribution >= 4 is 6.29 Å². The molecule has 0 saturated heterocycles. The zero-order chi connectivity index (χ0) is 8.27. The highest BCUT2D eigenvalue weighted by atomic mass is 16.5. The third-order valence-corrected chi connectivity index (χ3v) is 2.28. The predicted molar refractivity (Wildman–Crippen MR) is 40.4 cm³/mol. The molecule has 3 nitrogen and oxygen atoms in total. The molecule has 1 rings (SSSR count). The Morgan fingerprint density at radius 2 is 1.64 bits per heavy atom. The van der Waals surface area contributed by atoms with Crippen molar-refractivity contribution in [3.05, 3.63) is 0 Å². The van der Waals surface area contributed by atoms with E-state index in [1.807, 2.05) is 0 Å². The summed E-state index contributed by atoms with van der Waals surface area (Å²) in [5.41, 5.74) is 0. The normalized spacial score (nSPS) is 37.5. The summed E-state index contributed by atoms with van der Waals surface area (Å²) >= 11 is 0. The number of ether oxygens (including phenoxy) is 2. The van der Waals surface area contributed by atoms with Crippen LogP contribution in [-0.4, -0.2) is 32.7 Å². The minimum absolute atomic E-state index is 0.107. The highest BCUT2D eigenvalue weighted by molar-refractivity contribution is 5.54. The van der Waals surface area contributed by atoms with Crippen molar-refractivity contribution in [3.63, 3.8) is 0 Å². The maximum Gasteiger partial charge on any atom is 0.123 e. The fraction of sp³-hybridized carbons (Fsp3) is 0.875. The molecule has 1 aliphatic rings. The van der Waals surface area contributed by atoms with E-state index in [2.05, 4.69) is 0 Å². The highest BCUT2D eigenvalue weighted by Gasteiger charge is 2.33. The molecule has 0 aromatic heterocycles. The average molecular weight is 158 g/mol. The van der Waals surface area contributed by atoms with Crippen molar-refractivity contribution in [3.8, 4) is 0 Å². The molecule has 1 fully saturated rings. The fourth-order valence-electron chi connectivity index (χ4n) is 1.60. The number of methoxy groups -OCH3 is 2. The Labute approximate surface area is 66.7 Å². The molecule has 0 aromatic rings. The van der Waals surface area contributed by atoms with Gasteiger partial charge in [-0.05, 0) is 12.8 Å². The van der Waals surface area contributed by atoms with Crippen LogP contribution in [0.5, 0.6) is 0 Å². The molecule has 0 heterocycles. The molecule has 0 aromatic carbocycles. The molecule has 0 amide bonds. The molecule has 0 N–H and O–H groups in total. The van der Waals surface area contributed by atoms with Gasteiger partial charge in [-0.25, -0.2) is 0 Å². The number of hydrogen-bond acceptors (Lipinski definition) is 3. The van der Waals surface area contributed by atoms with E-state index in [1.165, 1.54) is 0 Å². The van der Waals surface area contributed by atoms with Crippen LogP contribution in [-0.2, 0) is 14.3 Å². The van der Waals surface area contributed by atoms with Crippen molar-refractivity contribution < 1.29 is 14.3 Å². The highest BCUT2D eigenvalue weighted by Crippen LogP contribution is 2.28. The molecule has 64 valence electrons. The summed E-state index contributed by atoms with van der Waals surface area (Å²) in [6, 6.07) is 0. The van der Waals surface area contributed by atoms with Crippen molar-refractivity contribution in [2.75, 3.05) is 14.2 Å². The second-order valence-electron chi connectivity index (χ2n) is 2.92. The average Bonchev–Trinajstić information content (AvgIpc) is 2.46. The maximum absolute atomic E-state index is 10.4. The lowest BCUT2D eigenvalue weighted by Gasteiger charge is -2.15. The van der Waals surface area contributed by atoms with Crippen LogP contribution in [0, 0.1) is 5.92 Å². The van der Waals surface area contributed by atoms with E-state index >= 15 is 0 Å². The van der Waals surface area contributed by atoms with Crippen molar-refractivity contribution in [2.24, 2.45) is 5.92 Å². The first-order valence-corrected chi connectivity index (χ1v) is 3.82. The van der Waals surface area contributed by atoms with Crippen molar-refractivity contribution in [1.82, 2.24) is 0 Å². The van der Waals surface area contributed by atoms with E-state index in [0.717, 1.165) is 19.1 Å². The van der Waals surface area contributed by atoms with E-state index in [9.17, 15) is 4.79 Å². The third kappa shape index (κ3) is 1.79. The molecule has 2 atom stereocenters. The first-order valence-electron chi connectivity index (χ1n) is 3.82. The lowest BCUT2D eigenvalue weighted by molar-refractivity contribution is -0.111. The van der Waals surface area contributed by atoms with Gasteiger partial charge in [-0.15, -0.1) is 0 Å². The predicted octanol–water partition coefficient (Wildman–Crippen LogP) is 0.625. The van der Waals surface area contributed by atoms with Gasteiger partial charge in [0, 0.05) is 20.1 Å². The van der Waals surface area contributed by atoms with E-state index in [-0.39, 0.29) is 18.1 Å². The molecule has 1 aliphatic carbocycles. The molecule has 2 unspecified atom stereocenters. The number of carbonyl (C=O) groups excluding carboxylic acids is 1. The lowest BCUT2D eigenvalue weighted by Crippen LogP contribution is -2.23. The van der Waals surface area contributed by atoms with Crippen LogP contribution < -0.4 is 0 Å². The largest absolute Gasteiger partial charge is 0.379 e. The zero-order valence-corrected chi connectivity index (χ0v) is 6.95. The number of aldehydes is 1. The van der Waals surface area contributed by atoms with Crippen LogP contribution >= 0.6 is 0 Å². The molecule has 3 heteroatoms. The maximum atomic E-state index is 10.4. The first-order chi connectivity index (χ1) is 5.31. The molecule has 0 bridgehead atoms. The Bertz CT molecular complexity index is 123. The number of rotatable bonds is 3. The van der Waals surface area contributed by atoms with Gasteiger partial charge in [-0.3, -0.25) is 0 Å². The Morgan fingerprint density at radius 3 is 1.91 bits per heavy atom. The first kappa shape index (κ1) is 8.68. The minimum atomic E-state index is 0.107. The lowest BCUT2D eigenvalue weighted by atomic mass is 10.1. The topological polar surface area (TPSA) is 35.5 Å². The molecule has 11 heavy (non-hydrogen) atoms. The second-order valence-corrected chi connectivity index (χ2v) is 2.92. The summed E-state index contributed by atoms with van der Waals surface area (Å²) in [6.07, 6.45) is 2.81. The van der Waals surface area contributed by atoms with Crippen LogP contribution in [0.2, 0.25) is 0 Å². The van der Waals surface area contributed by atoms with Crippen LogP contribution in [0.25, 0.3) is 0 Å². The molecule has 0 aliphatic heterocycles. The van der Waals surface area contributed by atoms with Gasteiger partial charge < -0.3 is 14.3 Å². The summed E-state index contributed by atoms with van der Waals surface area (Å²) in [7, 11) is 3.31. The smallest absolute Gasteiger partial charge is 0.123 e. The van der Waals surface area contributed by atoms with Gasteiger partial charge in [0.15, 0.2) is 0 Å². The summed E-state index contributed by atoms with van der Waals surface area (Å²) < 4.78 is 10.3. The van der Waals surface area contributed by atoms with E-state index in [1.54, 1.807) is 14.2 Å². The van der Waals surface area contributed by atoms with Gasteiger partial charge in [0.1, 0.15) is 6.29 Å². The summed E-state index contributed by atoms with van der Waals surface area (Å²) in [5, 5.41) is 0. The molecule has 0 radical (unpaired) electrons. The van der Waals surface area contributed by atoms with Crippen LogP contribution in [0.1, 0.15) is 12.8 Å². The minimum Gasteiger partial charge on any atom is -0.379 e. The third-order valence-electron chi connectivity index (χ3n) is 2.28. The zero-order valence-electron chi connectivity index (χ0n) is 6.95. The fourth-order valence-corrected chi connectivity index (χ4v) is 1.60. The van der Waals surface area contributed by atoms with E-state index in [0.29, 0.717) is 0 Å². The van der Waals surface area contributed by atoms with Gasteiger partial charge in [0.25, 0.3) is 0 Å². The van der Waals surface area contributed by atoms with Gasteiger partial charge in [-0.2, -0.15) is 0 Å². The summed E-state index contributed by atoms with van der Waals surface area (Å²) in [4.78, 5) is 10.4. The Hall–Kier alpha value is -0.410. The molecular formula is C8H14O3. The van der Waals surface area contributed by atoms with Crippen molar-refractivity contribution in [2.45, 2.75) is 25.0 Å². The summed E-state index contributed by atoms with van der Waals surface area (Å²) in [5.74, 6) is 0.130. The van der Waals surface area contributed by atoms with Crippen LogP contribution in [0.15, 0.2) is 0 Å². The Morgan fingerprint density at radius 1 is 1.18 bits per heavy atom. The van der Waals surface area contributed by atoms with E-state index in [4.69, 9.17) is 9.47 Å². The van der Waals surface area contributed by atoms with Crippen LogP contribution in [0.3, 0.4) is 0 Å². The molecule has 0 spiro atoms. The van der Waals surface area contributed by atoms with Gasteiger partial charge in [-0.1, -0.05) is 0 Å². The number of hydrogen-bond donors (Lipinski definition) is 0. The van der Waals surface area contributed by atoms with Gasteiger partial charge >= 0.3 is 0 Å². The number of carbonyl (C=O) groups is 1. The molecule has 1 saturated carbocycles. The van der Waals surface area contributed by atoms with Crippen LogP contribution in [0.4, 0.5) is 0 Å².